The maximum Gasteiger partial charge on any atom is 0.262 e. The first kappa shape index (κ1) is 16.1. The Morgan fingerprint density at radius 1 is 1.22 bits per heavy atom. The second kappa shape index (κ2) is 6.05. The van der Waals surface area contributed by atoms with E-state index in [0.29, 0.717) is 17.7 Å². The minimum atomic E-state index is -0.435. The largest absolute Gasteiger partial charge is 0.348 e. The Balaban J connectivity index is 1.73. The monoisotopic (exact) mass is 379 g/mol. The Morgan fingerprint density at radius 2 is 1.87 bits per heavy atom. The number of hydrogen-bond donors (Lipinski definition) is 2. The number of rotatable bonds is 4. The van der Waals surface area contributed by atoms with Crippen LogP contribution in [0.15, 0.2) is 22.7 Å². The summed E-state index contributed by atoms with van der Waals surface area (Å²) >= 11 is 3.28. The maximum absolute atomic E-state index is 12.4. The first-order valence-electron chi connectivity index (χ1n) is 7.63. The van der Waals surface area contributed by atoms with E-state index >= 15 is 0 Å². The van der Waals surface area contributed by atoms with Gasteiger partial charge in [0.15, 0.2) is 0 Å². The van der Waals surface area contributed by atoms with Crippen LogP contribution in [-0.2, 0) is 4.79 Å². The fourth-order valence-corrected chi connectivity index (χ4v) is 3.68. The predicted octanol–water partition coefficient (Wildman–Crippen LogP) is 1.43. The van der Waals surface area contributed by atoms with Crippen molar-refractivity contribution in [3.05, 3.63) is 33.8 Å². The van der Waals surface area contributed by atoms with Gasteiger partial charge in [-0.25, -0.2) is 0 Å². The van der Waals surface area contributed by atoms with Gasteiger partial charge in [0, 0.05) is 11.0 Å². The van der Waals surface area contributed by atoms with Crippen molar-refractivity contribution in [1.29, 1.82) is 0 Å². The van der Waals surface area contributed by atoms with Gasteiger partial charge >= 0.3 is 0 Å². The molecule has 1 fully saturated rings. The third-order valence-corrected chi connectivity index (χ3v) is 5.08. The molecule has 0 spiro atoms. The molecule has 2 aliphatic rings. The van der Waals surface area contributed by atoms with Crippen molar-refractivity contribution in [1.82, 2.24) is 10.2 Å². The summed E-state index contributed by atoms with van der Waals surface area (Å²) in [4.78, 5) is 38.0. The SMILES string of the molecule is NCC1(NC(=O)CN2C(=O)c3ccc(Br)cc3C2=O)CCCC1. The third kappa shape index (κ3) is 2.90. The molecule has 122 valence electrons. The lowest BCUT2D eigenvalue weighted by Crippen LogP contribution is -2.54. The molecule has 7 heteroatoms. The van der Waals surface area contributed by atoms with Gasteiger partial charge in [0.05, 0.1) is 16.7 Å². The van der Waals surface area contributed by atoms with Gasteiger partial charge in [-0.3, -0.25) is 19.3 Å². The predicted molar refractivity (Wildman–Crippen MR) is 87.9 cm³/mol. The lowest BCUT2D eigenvalue weighted by Gasteiger charge is -2.29. The lowest BCUT2D eigenvalue weighted by molar-refractivity contribution is -0.123. The third-order valence-electron chi connectivity index (χ3n) is 4.59. The molecule has 0 unspecified atom stereocenters. The molecule has 0 bridgehead atoms. The first-order valence-corrected chi connectivity index (χ1v) is 8.42. The molecule has 1 aromatic carbocycles. The summed E-state index contributed by atoms with van der Waals surface area (Å²) in [5.41, 5.74) is 6.07. The van der Waals surface area contributed by atoms with Crippen molar-refractivity contribution in [2.75, 3.05) is 13.1 Å². The molecule has 0 aromatic heterocycles. The van der Waals surface area contributed by atoms with Crippen LogP contribution in [0.5, 0.6) is 0 Å². The topological polar surface area (TPSA) is 92.5 Å². The first-order chi connectivity index (χ1) is 11.0. The van der Waals surface area contributed by atoms with Crippen molar-refractivity contribution < 1.29 is 14.4 Å². The van der Waals surface area contributed by atoms with Crippen molar-refractivity contribution in [3.63, 3.8) is 0 Å². The van der Waals surface area contributed by atoms with Gasteiger partial charge in [-0.1, -0.05) is 28.8 Å². The van der Waals surface area contributed by atoms with Crippen molar-refractivity contribution in [2.45, 2.75) is 31.2 Å². The number of fused-ring (bicyclic) bond motifs is 1. The number of hydrogen-bond acceptors (Lipinski definition) is 4. The highest BCUT2D eigenvalue weighted by Gasteiger charge is 2.39. The smallest absolute Gasteiger partial charge is 0.262 e. The maximum atomic E-state index is 12.4. The summed E-state index contributed by atoms with van der Waals surface area (Å²) in [6, 6.07) is 4.90. The van der Waals surface area contributed by atoms with E-state index in [0.717, 1.165) is 35.1 Å². The minimum absolute atomic E-state index is 0.272. The van der Waals surface area contributed by atoms with E-state index in [-0.39, 0.29) is 12.5 Å². The van der Waals surface area contributed by atoms with E-state index in [1.807, 2.05) is 0 Å². The van der Waals surface area contributed by atoms with Crippen LogP contribution in [-0.4, -0.2) is 41.2 Å². The average Bonchev–Trinajstić information content (AvgIpc) is 3.07. The minimum Gasteiger partial charge on any atom is -0.348 e. The van der Waals surface area contributed by atoms with E-state index in [9.17, 15) is 14.4 Å². The fourth-order valence-electron chi connectivity index (χ4n) is 3.32. The molecular formula is C16H18BrN3O3. The Morgan fingerprint density at radius 3 is 2.52 bits per heavy atom. The van der Waals surface area contributed by atoms with Gasteiger partial charge in [-0.15, -0.1) is 0 Å². The van der Waals surface area contributed by atoms with E-state index in [1.54, 1.807) is 18.2 Å². The summed E-state index contributed by atoms with van der Waals surface area (Å²) in [5, 5.41) is 2.93. The quantitative estimate of drug-likeness (QED) is 0.773. The van der Waals surface area contributed by atoms with E-state index < -0.39 is 17.4 Å². The number of nitrogens with one attached hydrogen (secondary N) is 1. The Labute approximate surface area is 142 Å². The molecule has 1 saturated carbocycles. The van der Waals surface area contributed by atoms with Crippen LogP contribution in [0.25, 0.3) is 0 Å². The van der Waals surface area contributed by atoms with Gasteiger partial charge < -0.3 is 11.1 Å². The highest BCUT2D eigenvalue weighted by Crippen LogP contribution is 2.29. The zero-order chi connectivity index (χ0) is 16.6. The molecule has 3 N–H and O–H groups in total. The fraction of sp³-hybridized carbons (Fsp3) is 0.438. The van der Waals surface area contributed by atoms with Crippen molar-refractivity contribution >= 4 is 33.7 Å². The zero-order valence-corrected chi connectivity index (χ0v) is 14.2. The second-order valence-corrected chi connectivity index (χ2v) is 7.04. The molecule has 0 saturated heterocycles. The molecule has 1 aliphatic heterocycles. The summed E-state index contributed by atoms with van der Waals surface area (Å²) in [5.74, 6) is -1.21. The highest BCUT2D eigenvalue weighted by atomic mass is 79.9. The van der Waals surface area contributed by atoms with E-state index in [1.165, 1.54) is 0 Å². The highest BCUT2D eigenvalue weighted by molar-refractivity contribution is 9.10. The van der Waals surface area contributed by atoms with Crippen molar-refractivity contribution in [3.8, 4) is 0 Å². The van der Waals surface area contributed by atoms with E-state index in [2.05, 4.69) is 21.2 Å². The average molecular weight is 380 g/mol. The molecule has 6 nitrogen and oxygen atoms in total. The van der Waals surface area contributed by atoms with Crippen LogP contribution < -0.4 is 11.1 Å². The summed E-state index contributed by atoms with van der Waals surface area (Å²) in [6.07, 6.45) is 3.73. The molecule has 1 aliphatic carbocycles. The standard InChI is InChI=1S/C16H18BrN3O3/c17-10-3-4-11-12(7-10)15(23)20(14(11)22)8-13(21)19-16(9-18)5-1-2-6-16/h3-4,7H,1-2,5-6,8-9,18H2,(H,19,21). The molecule has 0 atom stereocenters. The van der Waals surface area contributed by atoms with Gasteiger partial charge in [0.2, 0.25) is 5.91 Å². The van der Waals surface area contributed by atoms with Crippen molar-refractivity contribution in [2.24, 2.45) is 5.73 Å². The van der Waals surface area contributed by atoms with Crippen LogP contribution in [0.4, 0.5) is 0 Å². The van der Waals surface area contributed by atoms with Gasteiger partial charge in [-0.05, 0) is 31.0 Å². The summed E-state index contributed by atoms with van der Waals surface area (Å²) < 4.78 is 0.719. The normalized spacial score (nSPS) is 19.1. The van der Waals surface area contributed by atoms with Crippen LogP contribution in [0.3, 0.4) is 0 Å². The Hall–Kier alpha value is -1.73. The van der Waals surface area contributed by atoms with Gasteiger partial charge in [-0.2, -0.15) is 0 Å². The molecular weight excluding hydrogens is 362 g/mol. The molecule has 3 amide bonds. The number of nitrogens with zero attached hydrogens (tertiary/aromatic N) is 1. The summed E-state index contributed by atoms with van der Waals surface area (Å²) in [7, 11) is 0. The van der Waals surface area contributed by atoms with E-state index in [4.69, 9.17) is 5.73 Å². The zero-order valence-electron chi connectivity index (χ0n) is 12.6. The number of amides is 3. The van der Waals surface area contributed by atoms with Crippen LogP contribution >= 0.6 is 15.9 Å². The number of benzene rings is 1. The molecule has 0 radical (unpaired) electrons. The lowest BCUT2D eigenvalue weighted by atomic mass is 9.98. The van der Waals surface area contributed by atoms with Gasteiger partial charge in [0.1, 0.15) is 6.54 Å². The number of imide groups is 1. The molecule has 23 heavy (non-hydrogen) atoms. The molecule has 1 aromatic rings. The number of nitrogens with two attached hydrogens (primary N) is 1. The number of halogens is 1. The molecule has 1 heterocycles. The van der Waals surface area contributed by atoms with Gasteiger partial charge in [0.25, 0.3) is 11.8 Å². The number of carbonyl (C=O) groups excluding carboxylic acids is 3. The number of carbonyl (C=O) groups is 3. The second-order valence-electron chi connectivity index (χ2n) is 6.13. The summed E-state index contributed by atoms with van der Waals surface area (Å²) in [6.45, 7) is 0.0967. The van der Waals surface area contributed by atoms with Crippen LogP contribution in [0.2, 0.25) is 0 Å². The Kier molecular flexibility index (Phi) is 4.25. The van der Waals surface area contributed by atoms with Crippen LogP contribution in [0, 0.1) is 0 Å². The van der Waals surface area contributed by atoms with Crippen LogP contribution in [0.1, 0.15) is 46.4 Å². The Bertz CT molecular complexity index is 683. The molecule has 3 rings (SSSR count).